The van der Waals surface area contributed by atoms with E-state index in [1.165, 1.54) is 47.3 Å². The molecule has 0 spiro atoms. The average molecular weight is 729 g/mol. The molecule has 0 heterocycles. The van der Waals surface area contributed by atoms with Crippen LogP contribution < -0.4 is 0 Å². The predicted octanol–water partition coefficient (Wildman–Crippen LogP) is 12.2. The van der Waals surface area contributed by atoms with Crippen LogP contribution >= 0.6 is 24.8 Å². The van der Waals surface area contributed by atoms with Crippen LogP contribution in [0.3, 0.4) is 0 Å². The summed E-state index contributed by atoms with van der Waals surface area (Å²) in [5, 5.41) is 0. The molecule has 0 aliphatic heterocycles. The van der Waals surface area contributed by atoms with Gasteiger partial charge < -0.3 is 13.8 Å². The zero-order valence-corrected chi connectivity index (χ0v) is 34.3. The number of fused-ring (bicyclic) bond motifs is 6. The molecule has 6 rings (SSSR count). The number of hydrogen-bond acceptors (Lipinski definition) is 0. The summed E-state index contributed by atoms with van der Waals surface area (Å²) >= 11 is 1.36. The molecule has 1 aromatic rings. The standard InChI is InChI=1S/C29H37.C5H5.2C3H7.2ClH.Si.Zr/c1-18-25-22-17-19-13-9-10-14-20(19)24(22)21-15-11-12-16-23(21)29(25,8)28(6,7)27(4,5)26(18,2)3;1-2-4-5-3-1;2*1-3-2;;;;/h9-11,13-15,23H,12,16-17H2,1-8H3;1-3H,4H2;2*1,3H2,2H3;2*1H;;/q4*-1;;;;. The fourth-order valence-electron chi connectivity index (χ4n) is 7.91. The van der Waals surface area contributed by atoms with Crippen molar-refractivity contribution in [3.05, 3.63) is 108 Å². The Bertz CT molecular complexity index is 1220. The van der Waals surface area contributed by atoms with Crippen molar-refractivity contribution in [1.82, 2.24) is 0 Å². The first-order valence-electron chi connectivity index (χ1n) is 15.9. The molecule has 0 bridgehead atoms. The molecule has 2 atom stereocenters. The normalized spacial score (nSPS) is 24.8. The Labute approximate surface area is 302 Å². The summed E-state index contributed by atoms with van der Waals surface area (Å²) < 4.78 is 0. The van der Waals surface area contributed by atoms with E-state index in [-0.39, 0.29) is 46.5 Å². The maximum absolute atomic E-state index is 3.49. The Morgan fingerprint density at radius 1 is 0.932 bits per heavy atom. The average Bonchev–Trinajstić information content (AvgIpc) is 3.66. The molecule has 0 N–H and O–H groups in total. The first-order chi connectivity index (χ1) is 19.8. The van der Waals surface area contributed by atoms with Gasteiger partial charge in [0.1, 0.15) is 0 Å². The Hall–Kier alpha value is -0.530. The van der Waals surface area contributed by atoms with E-state index in [9.17, 15) is 0 Å². The third kappa shape index (κ3) is 7.45. The van der Waals surface area contributed by atoms with Gasteiger partial charge >= 0.3 is 30.2 Å². The van der Waals surface area contributed by atoms with Crippen LogP contribution in [-0.2, 0) is 29.8 Å². The quantitative estimate of drug-likeness (QED) is 0.184. The molecule has 244 valence electrons. The summed E-state index contributed by atoms with van der Waals surface area (Å²) in [7, 11) is 0. The molecular weight excluding hydrogens is 671 g/mol. The number of hydrogen-bond donors (Lipinski definition) is 0. The Morgan fingerprint density at radius 3 is 2.00 bits per heavy atom. The summed E-state index contributed by atoms with van der Waals surface area (Å²) in [5.41, 5.74) is 10.3. The first kappa shape index (κ1) is 43.5. The molecular formula is C40H58Cl2SiZr-4. The maximum atomic E-state index is 3.49. The fourth-order valence-corrected chi connectivity index (χ4v) is 7.91. The van der Waals surface area contributed by atoms with Gasteiger partial charge in [0, 0.05) is 0 Å². The van der Waals surface area contributed by atoms with Crippen LogP contribution in [-0.4, -0.2) is 6.88 Å². The molecule has 0 saturated heterocycles. The van der Waals surface area contributed by atoms with Crippen LogP contribution in [0.1, 0.15) is 112 Å². The topological polar surface area (TPSA) is 0 Å². The summed E-state index contributed by atoms with van der Waals surface area (Å²) in [6.07, 6.45) is 20.5. The van der Waals surface area contributed by atoms with Crippen molar-refractivity contribution in [3.8, 4) is 0 Å². The molecule has 2 unspecified atom stereocenters. The third-order valence-corrected chi connectivity index (χ3v) is 11.4. The van der Waals surface area contributed by atoms with E-state index in [0.29, 0.717) is 5.92 Å². The Kier molecular flexibility index (Phi) is 17.9. The molecule has 44 heavy (non-hydrogen) atoms. The molecule has 0 nitrogen and oxygen atoms in total. The summed E-state index contributed by atoms with van der Waals surface area (Å²) in [6, 6.07) is 9.16. The van der Waals surface area contributed by atoms with Gasteiger partial charge in [-0.25, -0.2) is 18.1 Å². The van der Waals surface area contributed by atoms with Gasteiger partial charge in [0.15, 0.2) is 0 Å². The van der Waals surface area contributed by atoms with Crippen molar-refractivity contribution in [1.29, 1.82) is 0 Å². The number of benzene rings is 1. The molecule has 1 aromatic carbocycles. The van der Waals surface area contributed by atoms with Gasteiger partial charge in [0.2, 0.25) is 0 Å². The van der Waals surface area contributed by atoms with Crippen LogP contribution in [0, 0.1) is 53.4 Å². The van der Waals surface area contributed by atoms with E-state index < -0.39 is 0 Å². The molecule has 0 amide bonds. The molecule has 0 aromatic heterocycles. The van der Waals surface area contributed by atoms with Crippen molar-refractivity contribution in [2.75, 3.05) is 0 Å². The second kappa shape index (κ2) is 18.1. The molecule has 1 fully saturated rings. The summed E-state index contributed by atoms with van der Waals surface area (Å²) in [4.78, 5) is 0. The van der Waals surface area contributed by atoms with Crippen molar-refractivity contribution in [2.24, 2.45) is 27.6 Å². The second-order valence-corrected chi connectivity index (χ2v) is 13.8. The molecule has 1 saturated carbocycles. The minimum atomic E-state index is 0. The van der Waals surface area contributed by atoms with Gasteiger partial charge in [-0.05, 0) is 40.6 Å². The van der Waals surface area contributed by atoms with Crippen molar-refractivity contribution in [3.63, 3.8) is 0 Å². The number of halogens is 2. The second-order valence-electron chi connectivity index (χ2n) is 13.8. The monoisotopic (exact) mass is 726 g/mol. The zero-order valence-electron chi connectivity index (χ0n) is 29.2. The Balaban J connectivity index is 0.00000105. The fraction of sp³-hybridized carbons (Fsp3) is 0.525. The van der Waals surface area contributed by atoms with Crippen LogP contribution in [0.4, 0.5) is 0 Å². The van der Waals surface area contributed by atoms with E-state index >= 15 is 0 Å². The van der Waals surface area contributed by atoms with Crippen LogP contribution in [0.2, 0.25) is 0 Å². The van der Waals surface area contributed by atoms with E-state index in [0.717, 1.165) is 25.7 Å². The van der Waals surface area contributed by atoms with Gasteiger partial charge in [-0.3, -0.25) is 6.08 Å². The van der Waals surface area contributed by atoms with Crippen LogP contribution in [0.25, 0.3) is 5.57 Å². The summed E-state index contributed by atoms with van der Waals surface area (Å²) in [5.74, 6) is 2.24. The van der Waals surface area contributed by atoms with E-state index in [1.54, 1.807) is 28.2 Å². The first-order valence-corrected chi connectivity index (χ1v) is 20.1. The van der Waals surface area contributed by atoms with Gasteiger partial charge in [-0.1, -0.05) is 127 Å². The minimum absolute atomic E-state index is 0. The number of rotatable bonds is 0. The Morgan fingerprint density at radius 2 is 1.50 bits per heavy atom. The SMILES string of the molecule is C[C-]1C2=C3Cc4ccccc4C3=C3C=CCCC3C2(C)C(C)(C)C(C)(C)C1(C)C.Cl.Cl.[C-]1=CC=CC1.[CH2-]CC.[CH2-]CC.[Si]=[Zr]. The molecule has 5 aliphatic carbocycles. The third-order valence-electron chi connectivity index (χ3n) is 11.4. The van der Waals surface area contributed by atoms with Gasteiger partial charge in [-0.2, -0.15) is 30.1 Å². The predicted molar refractivity (Wildman–Crippen MR) is 197 cm³/mol. The van der Waals surface area contributed by atoms with Gasteiger partial charge in [0.25, 0.3) is 0 Å². The van der Waals surface area contributed by atoms with Crippen molar-refractivity contribution >= 4 is 37.3 Å². The van der Waals surface area contributed by atoms with Crippen LogP contribution in [0.15, 0.2) is 71.4 Å². The van der Waals surface area contributed by atoms with Gasteiger partial charge in [0.05, 0.1) is 0 Å². The van der Waals surface area contributed by atoms with Crippen molar-refractivity contribution in [2.45, 2.75) is 108 Å². The van der Waals surface area contributed by atoms with Gasteiger partial charge in [-0.15, -0.1) is 38.2 Å². The zero-order chi connectivity index (χ0) is 31.9. The molecule has 5 aliphatic rings. The number of allylic oxidation sites excluding steroid dienone is 10. The molecule has 4 heteroatoms. The van der Waals surface area contributed by atoms with E-state index in [4.69, 9.17) is 0 Å². The van der Waals surface area contributed by atoms with E-state index in [2.05, 4.69) is 125 Å². The summed E-state index contributed by atoms with van der Waals surface area (Å²) in [6.45, 7) is 34.4. The van der Waals surface area contributed by atoms with Crippen molar-refractivity contribution < 1.29 is 23.3 Å². The van der Waals surface area contributed by atoms with Crippen LogP contribution in [0.5, 0.6) is 0 Å². The molecule has 2 radical (unpaired) electrons. The van der Waals surface area contributed by atoms with E-state index in [1.807, 2.05) is 26.0 Å².